The van der Waals surface area contributed by atoms with Gasteiger partial charge in [-0.25, -0.2) is 0 Å². The lowest BCUT2D eigenvalue weighted by molar-refractivity contribution is 0.154. The van der Waals surface area contributed by atoms with Crippen LogP contribution in [-0.2, 0) is 6.42 Å². The smallest absolute Gasteiger partial charge is 0.0543 e. The maximum Gasteiger partial charge on any atom is 0.0543 e. The van der Waals surface area contributed by atoms with E-state index in [1.807, 2.05) is 0 Å². The highest BCUT2D eigenvalue weighted by Crippen LogP contribution is 2.13. The first kappa shape index (κ1) is 9.75. The summed E-state index contributed by atoms with van der Waals surface area (Å²) in [6.07, 6.45) is 3.85. The van der Waals surface area contributed by atoms with Crippen LogP contribution in [0.4, 0.5) is 0 Å². The van der Waals surface area contributed by atoms with Crippen molar-refractivity contribution in [2.45, 2.75) is 38.7 Å². The lowest BCUT2D eigenvalue weighted by Crippen LogP contribution is -2.06. The Morgan fingerprint density at radius 1 is 1.50 bits per heavy atom. The van der Waals surface area contributed by atoms with E-state index < -0.39 is 0 Å². The average molecular weight is 184 g/mol. The van der Waals surface area contributed by atoms with Crippen LogP contribution >= 0.6 is 11.3 Å². The second-order valence-corrected chi connectivity index (χ2v) is 4.09. The Balaban J connectivity index is 2.17. The summed E-state index contributed by atoms with van der Waals surface area (Å²) in [4.78, 5) is 1.38. The molecule has 1 nitrogen and oxygen atoms in total. The van der Waals surface area contributed by atoms with Crippen molar-refractivity contribution in [3.8, 4) is 0 Å². The minimum Gasteiger partial charge on any atom is -0.393 e. The summed E-state index contributed by atoms with van der Waals surface area (Å²) < 4.78 is 0. The van der Waals surface area contributed by atoms with E-state index >= 15 is 0 Å². The maximum absolute atomic E-state index is 9.45. The third-order valence-electron chi connectivity index (χ3n) is 1.93. The molecule has 1 aromatic heterocycles. The van der Waals surface area contributed by atoms with Gasteiger partial charge >= 0.3 is 0 Å². The molecule has 0 bridgehead atoms. The average Bonchev–Trinajstić information content (AvgIpc) is 2.53. The lowest BCUT2D eigenvalue weighted by Gasteiger charge is -2.06. The summed E-state index contributed by atoms with van der Waals surface area (Å²) in [5, 5.41) is 11.5. The van der Waals surface area contributed by atoms with Crippen molar-refractivity contribution in [3.05, 3.63) is 22.4 Å². The zero-order chi connectivity index (χ0) is 8.81. The summed E-state index contributed by atoms with van der Waals surface area (Å²) in [6.45, 7) is 2.11. The molecule has 1 heterocycles. The molecule has 1 atom stereocenters. The van der Waals surface area contributed by atoms with Gasteiger partial charge in [0.05, 0.1) is 6.10 Å². The number of aliphatic hydroxyl groups is 1. The van der Waals surface area contributed by atoms with E-state index in [0.29, 0.717) is 0 Å². The van der Waals surface area contributed by atoms with E-state index in [4.69, 9.17) is 0 Å². The van der Waals surface area contributed by atoms with Crippen LogP contribution in [0.2, 0.25) is 0 Å². The van der Waals surface area contributed by atoms with Crippen LogP contribution in [-0.4, -0.2) is 11.2 Å². The van der Waals surface area contributed by atoms with Gasteiger partial charge in [0.2, 0.25) is 0 Å². The van der Waals surface area contributed by atoms with Crippen molar-refractivity contribution < 1.29 is 5.11 Å². The van der Waals surface area contributed by atoms with Gasteiger partial charge < -0.3 is 5.11 Å². The first-order valence-electron chi connectivity index (χ1n) is 4.53. The molecule has 1 N–H and O–H groups in total. The Hall–Kier alpha value is -0.340. The Labute approximate surface area is 78.1 Å². The molecule has 12 heavy (non-hydrogen) atoms. The van der Waals surface area contributed by atoms with Crippen LogP contribution in [0.3, 0.4) is 0 Å². The fourth-order valence-corrected chi connectivity index (χ4v) is 1.97. The maximum atomic E-state index is 9.45. The summed E-state index contributed by atoms with van der Waals surface area (Å²) in [6, 6.07) is 4.19. The largest absolute Gasteiger partial charge is 0.393 e. The van der Waals surface area contributed by atoms with Crippen molar-refractivity contribution in [1.29, 1.82) is 0 Å². The highest BCUT2D eigenvalue weighted by molar-refractivity contribution is 7.09. The van der Waals surface area contributed by atoms with Crippen molar-refractivity contribution >= 4 is 11.3 Å². The topological polar surface area (TPSA) is 20.2 Å². The molecule has 2 heteroatoms. The molecular weight excluding hydrogens is 168 g/mol. The predicted molar refractivity (Wildman–Crippen MR) is 53.6 cm³/mol. The minimum absolute atomic E-state index is 0.0999. The highest BCUT2D eigenvalue weighted by atomic mass is 32.1. The van der Waals surface area contributed by atoms with Gasteiger partial charge in [0, 0.05) is 4.88 Å². The molecule has 0 radical (unpaired) electrons. The molecule has 1 unspecified atom stereocenters. The zero-order valence-electron chi connectivity index (χ0n) is 7.49. The Kier molecular flexibility index (Phi) is 4.33. The van der Waals surface area contributed by atoms with Crippen LogP contribution in [0.1, 0.15) is 31.1 Å². The van der Waals surface area contributed by atoms with Gasteiger partial charge in [-0.15, -0.1) is 11.3 Å². The minimum atomic E-state index is -0.0999. The SMILES string of the molecule is CCCC(O)CCc1cccs1. The second-order valence-electron chi connectivity index (χ2n) is 3.06. The van der Waals surface area contributed by atoms with E-state index in [9.17, 15) is 5.11 Å². The zero-order valence-corrected chi connectivity index (χ0v) is 8.31. The molecule has 0 spiro atoms. The molecular formula is C10H16OS. The summed E-state index contributed by atoms with van der Waals surface area (Å²) >= 11 is 1.77. The normalized spacial score (nSPS) is 13.2. The first-order chi connectivity index (χ1) is 5.83. The molecule has 0 aromatic carbocycles. The molecule has 68 valence electrons. The summed E-state index contributed by atoms with van der Waals surface area (Å²) in [5.41, 5.74) is 0. The van der Waals surface area contributed by atoms with Gasteiger partial charge in [-0.2, -0.15) is 0 Å². The molecule has 0 saturated carbocycles. The third-order valence-corrected chi connectivity index (χ3v) is 2.86. The number of hydrogen-bond acceptors (Lipinski definition) is 2. The van der Waals surface area contributed by atoms with Crippen LogP contribution in [0.25, 0.3) is 0 Å². The molecule has 1 rings (SSSR count). The van der Waals surface area contributed by atoms with Crippen LogP contribution in [0.5, 0.6) is 0 Å². The van der Waals surface area contributed by atoms with E-state index in [2.05, 4.69) is 24.4 Å². The third kappa shape index (κ3) is 3.37. The van der Waals surface area contributed by atoms with Gasteiger partial charge in [0.15, 0.2) is 0 Å². The van der Waals surface area contributed by atoms with Crippen molar-refractivity contribution in [2.75, 3.05) is 0 Å². The predicted octanol–water partition coefficient (Wildman–Crippen LogP) is 2.84. The monoisotopic (exact) mass is 184 g/mol. The number of aryl methyl sites for hydroxylation is 1. The molecule has 0 amide bonds. The van der Waals surface area contributed by atoms with E-state index in [1.54, 1.807) is 11.3 Å². The van der Waals surface area contributed by atoms with Crippen LogP contribution in [0.15, 0.2) is 17.5 Å². The standard InChI is InChI=1S/C10H16OS/c1-2-4-9(11)6-7-10-5-3-8-12-10/h3,5,8-9,11H,2,4,6-7H2,1H3. The van der Waals surface area contributed by atoms with Crippen LogP contribution < -0.4 is 0 Å². The number of rotatable bonds is 5. The molecule has 0 aliphatic heterocycles. The molecule has 0 aliphatic rings. The second kappa shape index (κ2) is 5.33. The number of aliphatic hydroxyl groups excluding tert-OH is 1. The van der Waals surface area contributed by atoms with Gasteiger partial charge in [-0.1, -0.05) is 19.4 Å². The van der Waals surface area contributed by atoms with Crippen LogP contribution in [0, 0.1) is 0 Å². The molecule has 1 aromatic rings. The van der Waals surface area contributed by atoms with E-state index in [-0.39, 0.29) is 6.10 Å². The lowest BCUT2D eigenvalue weighted by atomic mass is 10.1. The molecule has 0 fully saturated rings. The Bertz CT molecular complexity index is 194. The van der Waals surface area contributed by atoms with Crippen molar-refractivity contribution in [2.24, 2.45) is 0 Å². The van der Waals surface area contributed by atoms with Gasteiger partial charge in [-0.3, -0.25) is 0 Å². The van der Waals surface area contributed by atoms with Gasteiger partial charge in [0.25, 0.3) is 0 Å². The summed E-state index contributed by atoms with van der Waals surface area (Å²) in [7, 11) is 0. The highest BCUT2D eigenvalue weighted by Gasteiger charge is 2.02. The number of thiophene rings is 1. The Morgan fingerprint density at radius 3 is 2.92 bits per heavy atom. The van der Waals surface area contributed by atoms with Gasteiger partial charge in [0.1, 0.15) is 0 Å². The van der Waals surface area contributed by atoms with Gasteiger partial charge in [-0.05, 0) is 30.7 Å². The van der Waals surface area contributed by atoms with Crippen molar-refractivity contribution in [1.82, 2.24) is 0 Å². The first-order valence-corrected chi connectivity index (χ1v) is 5.41. The molecule has 0 saturated heterocycles. The molecule has 0 aliphatic carbocycles. The van der Waals surface area contributed by atoms with Crippen molar-refractivity contribution in [3.63, 3.8) is 0 Å². The van der Waals surface area contributed by atoms with E-state index in [0.717, 1.165) is 25.7 Å². The summed E-state index contributed by atoms with van der Waals surface area (Å²) in [5.74, 6) is 0. The Morgan fingerprint density at radius 2 is 2.33 bits per heavy atom. The van der Waals surface area contributed by atoms with E-state index in [1.165, 1.54) is 4.88 Å². The quantitative estimate of drug-likeness (QED) is 0.746. The number of hydrogen-bond donors (Lipinski definition) is 1. The fraction of sp³-hybridized carbons (Fsp3) is 0.600. The fourth-order valence-electron chi connectivity index (χ4n) is 1.24.